The summed E-state index contributed by atoms with van der Waals surface area (Å²) in [6.07, 6.45) is 0.482. The number of hydrogen-bond donors (Lipinski definition) is 1. The lowest BCUT2D eigenvalue weighted by molar-refractivity contribution is 0.146. The maximum atomic E-state index is 13.3. The second-order valence-electron chi connectivity index (χ2n) is 3.52. The number of nitrogens with one attached hydrogen (secondary N) is 1. The Kier molecular flexibility index (Phi) is 5.64. The van der Waals surface area contributed by atoms with E-state index in [2.05, 4.69) is 4.72 Å². The molecule has 0 fully saturated rings. The molecule has 0 heterocycles. The Balaban J connectivity index is 2.63. The average molecular weight is 279 g/mol. The summed E-state index contributed by atoms with van der Waals surface area (Å²) < 4.78 is 56.6. The van der Waals surface area contributed by atoms with E-state index in [0.29, 0.717) is 25.7 Å². The van der Waals surface area contributed by atoms with Gasteiger partial charge in [0.15, 0.2) is 0 Å². The first-order valence-electron chi connectivity index (χ1n) is 5.50. The fraction of sp³-hybridized carbons (Fsp3) is 0.455. The predicted octanol–water partition coefficient (Wildman–Crippen LogP) is 1.67. The van der Waals surface area contributed by atoms with Crippen molar-refractivity contribution in [2.45, 2.75) is 18.2 Å². The fourth-order valence-corrected chi connectivity index (χ4v) is 2.43. The van der Waals surface area contributed by atoms with E-state index in [1.54, 1.807) is 0 Å². The molecule has 0 atom stereocenters. The molecule has 0 spiro atoms. The van der Waals surface area contributed by atoms with Crippen molar-refractivity contribution in [3.05, 3.63) is 29.8 Å². The lowest BCUT2D eigenvalue weighted by atomic mass is 10.3. The zero-order chi connectivity index (χ0) is 13.6. The summed E-state index contributed by atoms with van der Waals surface area (Å²) in [6, 6.07) is 2.34. The van der Waals surface area contributed by atoms with Crippen LogP contribution in [0.2, 0.25) is 0 Å². The molecule has 0 saturated heterocycles. The third-order valence-corrected chi connectivity index (χ3v) is 3.64. The second kappa shape index (κ2) is 6.77. The third-order valence-electron chi connectivity index (χ3n) is 2.15. The van der Waals surface area contributed by atoms with Crippen LogP contribution in [0.3, 0.4) is 0 Å². The van der Waals surface area contributed by atoms with Crippen molar-refractivity contribution in [2.75, 3.05) is 19.8 Å². The molecular weight excluding hydrogens is 264 g/mol. The van der Waals surface area contributed by atoms with Crippen molar-refractivity contribution in [2.24, 2.45) is 0 Å². The first kappa shape index (κ1) is 15.0. The first-order valence-corrected chi connectivity index (χ1v) is 6.98. The Morgan fingerprint density at radius 2 is 2.06 bits per heavy atom. The summed E-state index contributed by atoms with van der Waals surface area (Å²) in [5.74, 6) is -1.92. The summed E-state index contributed by atoms with van der Waals surface area (Å²) in [6.45, 7) is 2.95. The van der Waals surface area contributed by atoms with Gasteiger partial charge in [-0.15, -0.1) is 0 Å². The fourth-order valence-electron chi connectivity index (χ4n) is 1.30. The van der Waals surface area contributed by atoms with Crippen LogP contribution >= 0.6 is 0 Å². The van der Waals surface area contributed by atoms with Gasteiger partial charge in [-0.05, 0) is 25.5 Å². The Labute approximate surface area is 105 Å². The monoisotopic (exact) mass is 279 g/mol. The minimum atomic E-state index is -3.94. The van der Waals surface area contributed by atoms with Crippen LogP contribution in [0.1, 0.15) is 13.3 Å². The first-order chi connectivity index (χ1) is 8.47. The minimum absolute atomic E-state index is 0.138. The second-order valence-corrected chi connectivity index (χ2v) is 5.26. The quantitative estimate of drug-likeness (QED) is 0.772. The van der Waals surface area contributed by atoms with Gasteiger partial charge < -0.3 is 4.74 Å². The van der Waals surface area contributed by atoms with Gasteiger partial charge in [-0.2, -0.15) is 0 Å². The highest BCUT2D eigenvalue weighted by atomic mass is 32.2. The highest BCUT2D eigenvalue weighted by Gasteiger charge is 2.18. The van der Waals surface area contributed by atoms with Crippen LogP contribution in [0.5, 0.6) is 0 Å². The van der Waals surface area contributed by atoms with Crippen molar-refractivity contribution in [1.29, 1.82) is 0 Å². The van der Waals surface area contributed by atoms with Crippen LogP contribution in [-0.2, 0) is 14.8 Å². The zero-order valence-electron chi connectivity index (χ0n) is 9.95. The molecule has 1 aromatic rings. The van der Waals surface area contributed by atoms with E-state index in [4.69, 9.17) is 4.74 Å². The predicted molar refractivity (Wildman–Crippen MR) is 62.7 cm³/mol. The van der Waals surface area contributed by atoms with Gasteiger partial charge in [-0.25, -0.2) is 21.9 Å². The summed E-state index contributed by atoms with van der Waals surface area (Å²) in [5, 5.41) is 0. The van der Waals surface area contributed by atoms with Crippen molar-refractivity contribution in [1.82, 2.24) is 4.72 Å². The molecule has 0 aromatic heterocycles. The SMILES string of the molecule is CCOCCCNS(=O)(=O)c1ccc(F)cc1F. The number of rotatable bonds is 7. The molecular formula is C11H15F2NO3S. The molecule has 0 amide bonds. The number of halogens is 2. The standard InChI is InChI=1S/C11H15F2NO3S/c1-2-17-7-3-6-14-18(15,16)11-5-4-9(12)8-10(11)13/h4-5,8,14H,2-3,6-7H2,1H3. The summed E-state index contributed by atoms with van der Waals surface area (Å²) in [4.78, 5) is -0.555. The van der Waals surface area contributed by atoms with Crippen LogP contribution in [-0.4, -0.2) is 28.2 Å². The molecule has 1 rings (SSSR count). The van der Waals surface area contributed by atoms with Gasteiger partial charge in [-0.1, -0.05) is 0 Å². The summed E-state index contributed by atoms with van der Waals surface area (Å²) in [7, 11) is -3.94. The lowest BCUT2D eigenvalue weighted by Crippen LogP contribution is -2.26. The number of hydrogen-bond acceptors (Lipinski definition) is 3. The maximum Gasteiger partial charge on any atom is 0.243 e. The normalized spacial score (nSPS) is 11.7. The highest BCUT2D eigenvalue weighted by molar-refractivity contribution is 7.89. The van der Waals surface area contributed by atoms with Gasteiger partial charge in [0.2, 0.25) is 10.0 Å². The van der Waals surface area contributed by atoms with E-state index >= 15 is 0 Å². The zero-order valence-corrected chi connectivity index (χ0v) is 10.8. The van der Waals surface area contributed by atoms with Crippen molar-refractivity contribution >= 4 is 10.0 Å². The molecule has 4 nitrogen and oxygen atoms in total. The topological polar surface area (TPSA) is 55.4 Å². The Morgan fingerprint density at radius 3 is 2.67 bits per heavy atom. The molecule has 0 aliphatic heterocycles. The molecule has 7 heteroatoms. The third kappa shape index (κ3) is 4.32. The van der Waals surface area contributed by atoms with Gasteiger partial charge in [0, 0.05) is 25.8 Å². The van der Waals surface area contributed by atoms with Crippen molar-refractivity contribution in [3.63, 3.8) is 0 Å². The largest absolute Gasteiger partial charge is 0.382 e. The van der Waals surface area contributed by atoms with Gasteiger partial charge in [0.25, 0.3) is 0 Å². The van der Waals surface area contributed by atoms with Crippen molar-refractivity contribution < 1.29 is 21.9 Å². The maximum absolute atomic E-state index is 13.3. The molecule has 0 saturated carbocycles. The molecule has 0 radical (unpaired) electrons. The number of sulfonamides is 1. The van der Waals surface area contributed by atoms with Crippen LogP contribution < -0.4 is 4.72 Å². The molecule has 1 N–H and O–H groups in total. The summed E-state index contributed by atoms with van der Waals surface area (Å²) >= 11 is 0. The Bertz CT molecular complexity index is 491. The van der Waals surface area contributed by atoms with Crippen LogP contribution in [0, 0.1) is 11.6 Å². The lowest BCUT2D eigenvalue weighted by Gasteiger charge is -2.07. The van der Waals surface area contributed by atoms with Crippen LogP contribution in [0.15, 0.2) is 23.1 Å². The molecule has 102 valence electrons. The van der Waals surface area contributed by atoms with Gasteiger partial charge in [0.1, 0.15) is 16.5 Å². The van der Waals surface area contributed by atoms with E-state index in [1.165, 1.54) is 0 Å². The Morgan fingerprint density at radius 1 is 1.33 bits per heavy atom. The molecule has 0 bridgehead atoms. The molecule has 18 heavy (non-hydrogen) atoms. The molecule has 1 aromatic carbocycles. The molecule has 0 aliphatic carbocycles. The van der Waals surface area contributed by atoms with Crippen LogP contribution in [0.4, 0.5) is 8.78 Å². The van der Waals surface area contributed by atoms with E-state index in [1.807, 2.05) is 6.92 Å². The van der Waals surface area contributed by atoms with Gasteiger partial charge in [0.05, 0.1) is 0 Å². The van der Waals surface area contributed by atoms with Crippen LogP contribution in [0.25, 0.3) is 0 Å². The molecule has 0 aliphatic rings. The average Bonchev–Trinajstić information content (AvgIpc) is 2.28. The Hall–Kier alpha value is -1.05. The van der Waals surface area contributed by atoms with Gasteiger partial charge in [-0.3, -0.25) is 0 Å². The highest BCUT2D eigenvalue weighted by Crippen LogP contribution is 2.14. The van der Waals surface area contributed by atoms with E-state index in [0.717, 1.165) is 12.1 Å². The molecule has 0 unspecified atom stereocenters. The number of benzene rings is 1. The number of ether oxygens (including phenoxy) is 1. The van der Waals surface area contributed by atoms with E-state index in [-0.39, 0.29) is 6.54 Å². The van der Waals surface area contributed by atoms with E-state index in [9.17, 15) is 17.2 Å². The van der Waals surface area contributed by atoms with Crippen molar-refractivity contribution in [3.8, 4) is 0 Å². The summed E-state index contributed by atoms with van der Waals surface area (Å²) in [5.41, 5.74) is 0. The van der Waals surface area contributed by atoms with Gasteiger partial charge >= 0.3 is 0 Å². The van der Waals surface area contributed by atoms with E-state index < -0.39 is 26.6 Å². The minimum Gasteiger partial charge on any atom is -0.382 e. The smallest absolute Gasteiger partial charge is 0.243 e.